The molecule has 0 amide bonds. The van der Waals surface area contributed by atoms with Gasteiger partial charge in [-0.15, -0.1) is 0 Å². The van der Waals surface area contributed by atoms with Crippen molar-refractivity contribution in [2.75, 3.05) is 12.3 Å². The molecule has 0 aromatic carbocycles. The van der Waals surface area contributed by atoms with Crippen LogP contribution in [0.2, 0.25) is 0 Å². The van der Waals surface area contributed by atoms with E-state index in [0.717, 1.165) is 10.9 Å². The first-order valence-electron chi connectivity index (χ1n) is 4.88. The standard InChI is InChI=1S/C8H12N4O5/c9-8-11-4(14)1-10-12(8)7-6(16)5(15)3(2-13)17-7/h1,3,5-7,13,15-16H,2H2,(H2,9,11,14). The van der Waals surface area contributed by atoms with Crippen molar-refractivity contribution in [3.8, 4) is 0 Å². The van der Waals surface area contributed by atoms with E-state index in [1.807, 2.05) is 0 Å². The minimum absolute atomic E-state index is 0.243. The van der Waals surface area contributed by atoms with E-state index in [2.05, 4.69) is 10.1 Å². The number of hydrogen-bond donors (Lipinski definition) is 4. The first-order chi connectivity index (χ1) is 8.04. The van der Waals surface area contributed by atoms with Crippen LogP contribution < -0.4 is 11.3 Å². The summed E-state index contributed by atoms with van der Waals surface area (Å²) in [7, 11) is 0. The van der Waals surface area contributed by atoms with Crippen LogP contribution >= 0.6 is 0 Å². The van der Waals surface area contributed by atoms with Gasteiger partial charge in [0.2, 0.25) is 5.95 Å². The molecule has 1 aliphatic rings. The summed E-state index contributed by atoms with van der Waals surface area (Å²) in [5.74, 6) is -0.243. The van der Waals surface area contributed by atoms with Gasteiger partial charge in [0.1, 0.15) is 24.5 Å². The highest BCUT2D eigenvalue weighted by Crippen LogP contribution is 2.29. The van der Waals surface area contributed by atoms with Crippen molar-refractivity contribution in [3.05, 3.63) is 16.6 Å². The quantitative estimate of drug-likeness (QED) is 0.426. The summed E-state index contributed by atoms with van der Waals surface area (Å²) in [5, 5.41) is 31.8. The lowest BCUT2D eigenvalue weighted by molar-refractivity contribution is -0.0585. The highest BCUT2D eigenvalue weighted by atomic mass is 16.6. The summed E-state index contributed by atoms with van der Waals surface area (Å²) in [6.45, 7) is -0.456. The number of aromatic nitrogens is 3. The molecule has 1 fully saturated rings. The molecule has 2 heterocycles. The van der Waals surface area contributed by atoms with Crippen LogP contribution in [0.3, 0.4) is 0 Å². The van der Waals surface area contributed by atoms with Gasteiger partial charge in [-0.2, -0.15) is 10.1 Å². The Morgan fingerprint density at radius 3 is 2.71 bits per heavy atom. The molecule has 9 heteroatoms. The zero-order chi connectivity index (χ0) is 12.6. The van der Waals surface area contributed by atoms with Gasteiger partial charge in [0, 0.05) is 0 Å². The number of aliphatic hydroxyl groups excluding tert-OH is 3. The highest BCUT2D eigenvalue weighted by Gasteiger charge is 2.44. The van der Waals surface area contributed by atoms with Crippen LogP contribution in [0.5, 0.6) is 0 Å². The second-order valence-corrected chi connectivity index (χ2v) is 3.63. The zero-order valence-electron chi connectivity index (χ0n) is 8.67. The van der Waals surface area contributed by atoms with E-state index < -0.39 is 36.7 Å². The molecule has 17 heavy (non-hydrogen) atoms. The number of nitrogen functional groups attached to an aromatic ring is 1. The second kappa shape index (κ2) is 4.37. The maximum absolute atomic E-state index is 10.9. The predicted molar refractivity (Wildman–Crippen MR) is 53.7 cm³/mol. The van der Waals surface area contributed by atoms with Gasteiger partial charge in [-0.3, -0.25) is 4.79 Å². The van der Waals surface area contributed by atoms with E-state index in [1.54, 1.807) is 0 Å². The number of hydrogen-bond acceptors (Lipinski definition) is 8. The maximum Gasteiger partial charge on any atom is 0.293 e. The van der Waals surface area contributed by atoms with E-state index in [9.17, 15) is 15.0 Å². The van der Waals surface area contributed by atoms with Gasteiger partial charge in [-0.1, -0.05) is 0 Å². The third-order valence-corrected chi connectivity index (χ3v) is 2.51. The molecule has 0 aliphatic carbocycles. The van der Waals surface area contributed by atoms with Crippen LogP contribution in [0.4, 0.5) is 5.95 Å². The Morgan fingerprint density at radius 1 is 1.47 bits per heavy atom. The Kier molecular flexibility index (Phi) is 3.07. The fourth-order valence-electron chi connectivity index (χ4n) is 1.64. The molecule has 0 radical (unpaired) electrons. The highest BCUT2D eigenvalue weighted by molar-refractivity contribution is 5.14. The van der Waals surface area contributed by atoms with Gasteiger partial charge in [0.25, 0.3) is 5.56 Å². The van der Waals surface area contributed by atoms with E-state index in [4.69, 9.17) is 15.6 Å². The first-order valence-corrected chi connectivity index (χ1v) is 4.88. The molecule has 0 bridgehead atoms. The molecular formula is C8H12N4O5. The van der Waals surface area contributed by atoms with Crippen LogP contribution in [0, 0.1) is 0 Å². The van der Waals surface area contributed by atoms with Crippen molar-refractivity contribution >= 4 is 5.95 Å². The van der Waals surface area contributed by atoms with Crippen molar-refractivity contribution in [1.29, 1.82) is 0 Å². The smallest absolute Gasteiger partial charge is 0.293 e. The predicted octanol–water partition coefficient (Wildman–Crippen LogP) is -3.17. The average molecular weight is 244 g/mol. The van der Waals surface area contributed by atoms with Gasteiger partial charge < -0.3 is 25.8 Å². The molecule has 1 aliphatic heterocycles. The molecule has 1 aromatic rings. The average Bonchev–Trinajstić information content (AvgIpc) is 2.57. The van der Waals surface area contributed by atoms with Gasteiger partial charge >= 0.3 is 0 Å². The number of nitrogens with zero attached hydrogens (tertiary/aromatic N) is 3. The minimum Gasteiger partial charge on any atom is -0.394 e. The van der Waals surface area contributed by atoms with Crippen molar-refractivity contribution in [2.24, 2.45) is 0 Å². The second-order valence-electron chi connectivity index (χ2n) is 3.63. The number of nitrogens with two attached hydrogens (primary N) is 1. The van der Waals surface area contributed by atoms with E-state index in [-0.39, 0.29) is 5.95 Å². The molecular weight excluding hydrogens is 232 g/mol. The lowest BCUT2D eigenvalue weighted by Crippen LogP contribution is -2.34. The Bertz CT molecular complexity index is 463. The van der Waals surface area contributed by atoms with E-state index in [1.165, 1.54) is 0 Å². The van der Waals surface area contributed by atoms with Crippen molar-refractivity contribution in [1.82, 2.24) is 14.8 Å². The molecule has 0 saturated carbocycles. The van der Waals surface area contributed by atoms with Crippen LogP contribution in [-0.2, 0) is 4.74 Å². The van der Waals surface area contributed by atoms with Gasteiger partial charge in [0.15, 0.2) is 6.23 Å². The lowest BCUT2D eigenvalue weighted by atomic mass is 10.1. The topological polar surface area (TPSA) is 144 Å². The Labute approximate surface area is 95.1 Å². The van der Waals surface area contributed by atoms with Crippen molar-refractivity contribution in [3.63, 3.8) is 0 Å². The van der Waals surface area contributed by atoms with Crippen LogP contribution in [-0.4, -0.2) is 55.0 Å². The minimum atomic E-state index is -1.31. The first kappa shape index (κ1) is 11.9. The maximum atomic E-state index is 10.9. The molecule has 0 spiro atoms. The summed E-state index contributed by atoms with van der Waals surface area (Å²) in [4.78, 5) is 14.3. The fourth-order valence-corrected chi connectivity index (χ4v) is 1.64. The monoisotopic (exact) mass is 244 g/mol. The van der Waals surface area contributed by atoms with Crippen LogP contribution in [0.25, 0.3) is 0 Å². The van der Waals surface area contributed by atoms with Gasteiger partial charge in [-0.25, -0.2) is 4.68 Å². The SMILES string of the molecule is Nc1nc(=O)cnn1C1OC(CO)C(O)C1O. The molecule has 4 atom stereocenters. The Balaban J connectivity index is 2.32. The van der Waals surface area contributed by atoms with Gasteiger partial charge in [0.05, 0.1) is 6.61 Å². The summed E-state index contributed by atoms with van der Waals surface area (Å²) in [5.41, 5.74) is 4.83. The molecule has 94 valence electrons. The van der Waals surface area contributed by atoms with Crippen LogP contribution in [0.1, 0.15) is 6.23 Å². The Hall–Kier alpha value is -1.55. The molecule has 2 rings (SSSR count). The van der Waals surface area contributed by atoms with E-state index in [0.29, 0.717) is 0 Å². The van der Waals surface area contributed by atoms with Crippen molar-refractivity contribution < 1.29 is 20.1 Å². The molecule has 9 nitrogen and oxygen atoms in total. The summed E-state index contributed by atoms with van der Waals surface area (Å²) in [6, 6.07) is 0. The van der Waals surface area contributed by atoms with Crippen LogP contribution in [0.15, 0.2) is 11.0 Å². The summed E-state index contributed by atoms with van der Waals surface area (Å²) < 4.78 is 6.15. The summed E-state index contributed by atoms with van der Waals surface area (Å²) in [6.07, 6.45) is -3.69. The largest absolute Gasteiger partial charge is 0.394 e. The number of aliphatic hydroxyl groups is 3. The molecule has 4 unspecified atom stereocenters. The summed E-state index contributed by atoms with van der Waals surface area (Å²) >= 11 is 0. The molecule has 1 saturated heterocycles. The third-order valence-electron chi connectivity index (χ3n) is 2.51. The van der Waals surface area contributed by atoms with E-state index >= 15 is 0 Å². The third kappa shape index (κ3) is 2.00. The zero-order valence-corrected chi connectivity index (χ0v) is 8.67. The normalized spacial score (nSPS) is 32.9. The molecule has 5 N–H and O–H groups in total. The van der Waals surface area contributed by atoms with Crippen molar-refractivity contribution in [2.45, 2.75) is 24.5 Å². The number of anilines is 1. The molecule has 1 aromatic heterocycles. The number of rotatable bonds is 2. The Morgan fingerprint density at radius 2 is 2.18 bits per heavy atom. The van der Waals surface area contributed by atoms with Gasteiger partial charge in [-0.05, 0) is 0 Å². The fraction of sp³-hybridized carbons (Fsp3) is 0.625. The number of ether oxygens (including phenoxy) is 1. The lowest BCUT2D eigenvalue weighted by Gasteiger charge is -2.17.